The molecule has 0 fully saturated rings. The summed E-state index contributed by atoms with van der Waals surface area (Å²) in [4.78, 5) is 13.6. The van der Waals surface area contributed by atoms with Crippen molar-refractivity contribution in [2.45, 2.75) is 6.42 Å². The SMILES string of the molecule is CN1C(=O)c2ccccc2/C1=C\CCI. The van der Waals surface area contributed by atoms with Crippen molar-refractivity contribution in [1.29, 1.82) is 0 Å². The van der Waals surface area contributed by atoms with Gasteiger partial charge in [0.25, 0.3) is 5.91 Å². The molecule has 1 aliphatic rings. The van der Waals surface area contributed by atoms with Crippen molar-refractivity contribution in [1.82, 2.24) is 4.90 Å². The van der Waals surface area contributed by atoms with Crippen LogP contribution in [0.15, 0.2) is 30.3 Å². The summed E-state index contributed by atoms with van der Waals surface area (Å²) in [6.07, 6.45) is 3.14. The third-order valence-corrected chi connectivity index (χ3v) is 3.17. The zero-order chi connectivity index (χ0) is 10.8. The molecular weight excluding hydrogens is 301 g/mol. The van der Waals surface area contributed by atoms with Crippen LogP contribution in [-0.4, -0.2) is 22.3 Å². The molecule has 1 aromatic carbocycles. The lowest BCUT2D eigenvalue weighted by Crippen LogP contribution is -2.17. The van der Waals surface area contributed by atoms with Gasteiger partial charge in [-0.2, -0.15) is 0 Å². The first kappa shape index (κ1) is 10.7. The molecule has 0 unspecified atom stereocenters. The zero-order valence-electron chi connectivity index (χ0n) is 8.53. The fraction of sp³-hybridized carbons (Fsp3) is 0.250. The predicted octanol–water partition coefficient (Wildman–Crippen LogP) is 2.94. The van der Waals surface area contributed by atoms with Crippen LogP contribution in [0.3, 0.4) is 0 Å². The number of hydrogen-bond donors (Lipinski definition) is 0. The molecule has 0 spiro atoms. The van der Waals surface area contributed by atoms with Crippen LogP contribution in [0.2, 0.25) is 0 Å². The van der Waals surface area contributed by atoms with E-state index in [0.29, 0.717) is 0 Å². The van der Waals surface area contributed by atoms with E-state index in [1.807, 2.05) is 31.3 Å². The minimum absolute atomic E-state index is 0.102. The number of amides is 1. The predicted molar refractivity (Wildman–Crippen MR) is 70.0 cm³/mol. The molecule has 1 aliphatic heterocycles. The maximum absolute atomic E-state index is 11.9. The Labute approximate surface area is 103 Å². The molecule has 0 N–H and O–H groups in total. The average molecular weight is 313 g/mol. The van der Waals surface area contributed by atoms with Gasteiger partial charge in [0, 0.05) is 28.3 Å². The van der Waals surface area contributed by atoms with Crippen LogP contribution in [0.25, 0.3) is 5.70 Å². The number of hydrogen-bond acceptors (Lipinski definition) is 1. The highest BCUT2D eigenvalue weighted by molar-refractivity contribution is 14.1. The van der Waals surface area contributed by atoms with Gasteiger partial charge in [-0.05, 0) is 12.5 Å². The summed E-state index contributed by atoms with van der Waals surface area (Å²) >= 11 is 2.34. The highest BCUT2D eigenvalue weighted by Crippen LogP contribution is 2.31. The van der Waals surface area contributed by atoms with Crippen molar-refractivity contribution in [3.63, 3.8) is 0 Å². The topological polar surface area (TPSA) is 20.3 Å². The summed E-state index contributed by atoms with van der Waals surface area (Å²) in [5, 5.41) is 0. The number of fused-ring (bicyclic) bond motifs is 1. The molecule has 15 heavy (non-hydrogen) atoms. The van der Waals surface area contributed by atoms with E-state index in [9.17, 15) is 4.79 Å². The van der Waals surface area contributed by atoms with Crippen LogP contribution in [0, 0.1) is 0 Å². The third-order valence-electron chi connectivity index (χ3n) is 2.55. The molecule has 0 saturated heterocycles. The number of carbonyl (C=O) groups is 1. The molecular formula is C12H12INO. The van der Waals surface area contributed by atoms with Crippen LogP contribution in [0.5, 0.6) is 0 Å². The molecule has 0 radical (unpaired) electrons. The van der Waals surface area contributed by atoms with Gasteiger partial charge in [0.2, 0.25) is 0 Å². The number of halogens is 1. The van der Waals surface area contributed by atoms with Gasteiger partial charge in [-0.15, -0.1) is 0 Å². The normalized spacial score (nSPS) is 17.3. The number of benzene rings is 1. The largest absolute Gasteiger partial charge is 0.311 e. The Morgan fingerprint density at radius 2 is 2.00 bits per heavy atom. The van der Waals surface area contributed by atoms with Crippen LogP contribution in [-0.2, 0) is 0 Å². The van der Waals surface area contributed by atoms with Crippen LogP contribution >= 0.6 is 22.6 Å². The second-order valence-corrected chi connectivity index (χ2v) is 4.56. The molecule has 2 nitrogen and oxygen atoms in total. The Balaban J connectivity index is 2.47. The van der Waals surface area contributed by atoms with Crippen molar-refractivity contribution >= 4 is 34.2 Å². The first-order valence-corrected chi connectivity index (χ1v) is 6.42. The second kappa shape index (κ2) is 4.35. The Morgan fingerprint density at radius 3 is 2.67 bits per heavy atom. The van der Waals surface area contributed by atoms with Crippen molar-refractivity contribution in [3.8, 4) is 0 Å². The van der Waals surface area contributed by atoms with Gasteiger partial charge in [-0.1, -0.05) is 46.9 Å². The van der Waals surface area contributed by atoms with Gasteiger partial charge in [0.1, 0.15) is 0 Å². The van der Waals surface area contributed by atoms with E-state index in [0.717, 1.165) is 27.7 Å². The van der Waals surface area contributed by atoms with E-state index in [1.165, 1.54) is 0 Å². The molecule has 78 valence electrons. The van der Waals surface area contributed by atoms with Crippen molar-refractivity contribution in [3.05, 3.63) is 41.5 Å². The molecule has 0 aromatic heterocycles. The van der Waals surface area contributed by atoms with Crippen molar-refractivity contribution < 1.29 is 4.79 Å². The van der Waals surface area contributed by atoms with Crippen LogP contribution in [0.4, 0.5) is 0 Å². The van der Waals surface area contributed by atoms with Gasteiger partial charge >= 0.3 is 0 Å². The molecule has 3 heteroatoms. The molecule has 0 saturated carbocycles. The van der Waals surface area contributed by atoms with Crippen molar-refractivity contribution in [2.75, 3.05) is 11.5 Å². The summed E-state index contributed by atoms with van der Waals surface area (Å²) in [6.45, 7) is 0. The van der Waals surface area contributed by atoms with Gasteiger partial charge in [0.15, 0.2) is 0 Å². The zero-order valence-corrected chi connectivity index (χ0v) is 10.7. The van der Waals surface area contributed by atoms with Gasteiger partial charge in [-0.3, -0.25) is 4.79 Å². The monoisotopic (exact) mass is 313 g/mol. The average Bonchev–Trinajstić information content (AvgIpc) is 2.51. The number of rotatable bonds is 2. The number of carbonyl (C=O) groups excluding carboxylic acids is 1. The maximum atomic E-state index is 11.9. The summed E-state index contributed by atoms with van der Waals surface area (Å²) < 4.78 is 1.07. The highest BCUT2D eigenvalue weighted by atomic mass is 127. The van der Waals surface area contributed by atoms with Gasteiger partial charge in [-0.25, -0.2) is 0 Å². The Morgan fingerprint density at radius 1 is 1.33 bits per heavy atom. The van der Waals surface area contributed by atoms with E-state index in [4.69, 9.17) is 0 Å². The van der Waals surface area contributed by atoms with E-state index in [2.05, 4.69) is 28.7 Å². The highest BCUT2D eigenvalue weighted by Gasteiger charge is 2.28. The standard InChI is InChI=1S/C12H12INO/c1-14-11(7-4-8-13)9-5-2-3-6-10(9)12(14)15/h2-3,5-7H,4,8H2,1H3/b11-7+. The molecule has 0 bridgehead atoms. The molecule has 1 aromatic rings. The van der Waals surface area contributed by atoms with Crippen LogP contribution < -0.4 is 0 Å². The lowest BCUT2D eigenvalue weighted by molar-refractivity contribution is 0.0874. The summed E-state index contributed by atoms with van der Waals surface area (Å²) in [6, 6.07) is 7.78. The van der Waals surface area contributed by atoms with Crippen molar-refractivity contribution in [2.24, 2.45) is 0 Å². The maximum Gasteiger partial charge on any atom is 0.258 e. The Hall–Kier alpha value is -0.840. The molecule has 0 atom stereocenters. The quantitative estimate of drug-likeness (QED) is 0.607. The van der Waals surface area contributed by atoms with E-state index in [1.54, 1.807) is 4.90 Å². The molecule has 2 rings (SSSR count). The number of alkyl halides is 1. The summed E-state index contributed by atoms with van der Waals surface area (Å²) in [5.74, 6) is 0.102. The summed E-state index contributed by atoms with van der Waals surface area (Å²) in [7, 11) is 1.83. The van der Waals surface area contributed by atoms with E-state index in [-0.39, 0.29) is 5.91 Å². The second-order valence-electron chi connectivity index (χ2n) is 3.48. The lowest BCUT2D eigenvalue weighted by atomic mass is 10.1. The Kier molecular flexibility index (Phi) is 3.09. The fourth-order valence-corrected chi connectivity index (χ4v) is 2.11. The minimum Gasteiger partial charge on any atom is -0.311 e. The smallest absolute Gasteiger partial charge is 0.258 e. The van der Waals surface area contributed by atoms with Gasteiger partial charge < -0.3 is 4.90 Å². The molecule has 1 amide bonds. The molecule has 1 heterocycles. The summed E-state index contributed by atoms with van der Waals surface area (Å²) in [5.41, 5.74) is 2.93. The fourth-order valence-electron chi connectivity index (χ4n) is 1.80. The third kappa shape index (κ3) is 1.80. The number of nitrogens with zero attached hydrogens (tertiary/aromatic N) is 1. The lowest BCUT2D eigenvalue weighted by Gasteiger charge is -2.10. The van der Waals surface area contributed by atoms with E-state index < -0.39 is 0 Å². The first-order valence-electron chi connectivity index (χ1n) is 4.89. The first-order chi connectivity index (χ1) is 7.25. The number of allylic oxidation sites excluding steroid dienone is 1. The van der Waals surface area contributed by atoms with Gasteiger partial charge in [0.05, 0.1) is 0 Å². The minimum atomic E-state index is 0.102. The molecule has 0 aliphatic carbocycles. The Bertz CT molecular complexity index is 425. The van der Waals surface area contributed by atoms with E-state index >= 15 is 0 Å². The van der Waals surface area contributed by atoms with Crippen LogP contribution in [0.1, 0.15) is 22.3 Å².